The van der Waals surface area contributed by atoms with Crippen molar-refractivity contribution in [1.29, 1.82) is 0 Å². The number of hydrogen-bond acceptors (Lipinski definition) is 2. The first-order valence-electron chi connectivity index (χ1n) is 9.65. The van der Waals surface area contributed by atoms with Crippen molar-refractivity contribution in [2.75, 3.05) is 18.0 Å². The summed E-state index contributed by atoms with van der Waals surface area (Å²) >= 11 is 12.3. The molecule has 1 fully saturated rings. The van der Waals surface area contributed by atoms with E-state index < -0.39 is 11.3 Å². The summed E-state index contributed by atoms with van der Waals surface area (Å²) in [6.45, 7) is 7.78. The summed E-state index contributed by atoms with van der Waals surface area (Å²) in [4.78, 5) is 13.1. The highest BCUT2D eigenvalue weighted by atomic mass is 35.5. The smallest absolute Gasteiger partial charge is 0.277 e. The number of allylic oxidation sites excluding steroid dienone is 1. The number of rotatable bonds is 6. The normalized spacial score (nSPS) is 19.1. The molecule has 1 aliphatic heterocycles. The predicted octanol–water partition coefficient (Wildman–Crippen LogP) is 5.91. The summed E-state index contributed by atoms with van der Waals surface area (Å²) in [7, 11) is 0. The Kier molecular flexibility index (Phi) is 6.44. The molecule has 0 radical (unpaired) electrons. The Bertz CT molecular complexity index is 959. The second-order valence-corrected chi connectivity index (χ2v) is 8.63. The Labute approximate surface area is 185 Å². The first-order valence-corrected chi connectivity index (χ1v) is 10.4. The molecule has 0 saturated carbocycles. The van der Waals surface area contributed by atoms with Crippen LogP contribution in [0.5, 0.6) is 0 Å². The van der Waals surface area contributed by atoms with Crippen LogP contribution in [0.3, 0.4) is 0 Å². The van der Waals surface area contributed by atoms with Crippen molar-refractivity contribution in [1.82, 2.24) is 5.32 Å². The molecule has 1 unspecified atom stereocenters. The van der Waals surface area contributed by atoms with Gasteiger partial charge in [-0.25, -0.2) is 8.78 Å². The lowest BCUT2D eigenvalue weighted by atomic mass is 9.74. The highest BCUT2D eigenvalue weighted by Crippen LogP contribution is 2.49. The molecular formula is C23H24Cl2F2N2O. The average molecular weight is 453 g/mol. The molecule has 0 aromatic heterocycles. The van der Waals surface area contributed by atoms with E-state index in [2.05, 4.69) is 11.9 Å². The van der Waals surface area contributed by atoms with Crippen LogP contribution in [0.2, 0.25) is 10.0 Å². The van der Waals surface area contributed by atoms with Crippen LogP contribution in [0, 0.1) is 6.92 Å². The molecule has 2 aromatic rings. The molecule has 1 heterocycles. The quantitative estimate of drug-likeness (QED) is 0.552. The lowest BCUT2D eigenvalue weighted by Gasteiger charge is -2.36. The zero-order valence-corrected chi connectivity index (χ0v) is 18.5. The maximum Gasteiger partial charge on any atom is 0.277 e. The zero-order chi connectivity index (χ0) is 22.1. The third-order valence-electron chi connectivity index (χ3n) is 5.80. The highest BCUT2D eigenvalue weighted by molar-refractivity contribution is 6.34. The van der Waals surface area contributed by atoms with E-state index in [9.17, 15) is 4.79 Å². The molecule has 1 atom stereocenters. The van der Waals surface area contributed by atoms with Crippen LogP contribution in [-0.4, -0.2) is 24.9 Å². The molecule has 0 aliphatic carbocycles. The second kappa shape index (κ2) is 8.56. The van der Waals surface area contributed by atoms with Crippen LogP contribution in [-0.2, 0) is 16.8 Å². The Hall–Kier alpha value is -2.11. The van der Waals surface area contributed by atoms with Crippen molar-refractivity contribution >= 4 is 34.8 Å². The fraction of sp³-hybridized carbons (Fsp3) is 0.348. The molecule has 3 nitrogen and oxygen atoms in total. The lowest BCUT2D eigenvalue weighted by Crippen LogP contribution is -2.46. The molecule has 0 spiro atoms. The summed E-state index contributed by atoms with van der Waals surface area (Å²) in [5, 5.41) is 3.43. The van der Waals surface area contributed by atoms with Crippen LogP contribution in [0.4, 0.5) is 14.5 Å². The monoisotopic (exact) mass is 452 g/mol. The van der Waals surface area contributed by atoms with E-state index in [0.29, 0.717) is 34.8 Å². The van der Waals surface area contributed by atoms with Crippen molar-refractivity contribution in [2.24, 2.45) is 0 Å². The number of amides is 1. The van der Waals surface area contributed by atoms with E-state index in [1.54, 1.807) is 12.1 Å². The maximum absolute atomic E-state index is 15.2. The average Bonchev–Trinajstić information content (AvgIpc) is 3.13. The molecule has 7 heteroatoms. The van der Waals surface area contributed by atoms with Gasteiger partial charge in [0.1, 0.15) is 0 Å². The van der Waals surface area contributed by atoms with E-state index in [1.807, 2.05) is 30.0 Å². The molecule has 1 N–H and O–H groups in total. The predicted molar refractivity (Wildman–Crippen MR) is 119 cm³/mol. The van der Waals surface area contributed by atoms with Crippen LogP contribution < -0.4 is 10.2 Å². The van der Waals surface area contributed by atoms with Gasteiger partial charge in [0, 0.05) is 42.3 Å². The minimum absolute atomic E-state index is 0.102. The van der Waals surface area contributed by atoms with Gasteiger partial charge in [0.15, 0.2) is 0 Å². The van der Waals surface area contributed by atoms with E-state index in [4.69, 9.17) is 23.2 Å². The van der Waals surface area contributed by atoms with Gasteiger partial charge in [0.2, 0.25) is 5.91 Å². The summed E-state index contributed by atoms with van der Waals surface area (Å²) in [5.41, 5.74) is 1.75. The third kappa shape index (κ3) is 4.33. The summed E-state index contributed by atoms with van der Waals surface area (Å²) in [6.07, 6.45) is 0.947. The second-order valence-electron chi connectivity index (χ2n) is 7.76. The number of carbonyl (C=O) groups is 1. The number of nitrogens with zero attached hydrogens (tertiary/aromatic N) is 1. The summed E-state index contributed by atoms with van der Waals surface area (Å²) < 4.78 is 30.4. The number of aryl methyl sites for hydroxylation is 1. The minimum atomic E-state index is -3.14. The number of halogens is 4. The number of benzene rings is 2. The summed E-state index contributed by atoms with van der Waals surface area (Å²) in [5.74, 6) is -3.24. The van der Waals surface area contributed by atoms with Crippen LogP contribution >= 0.6 is 23.2 Å². The van der Waals surface area contributed by atoms with Gasteiger partial charge in [0.05, 0.1) is 5.41 Å². The Morgan fingerprint density at radius 1 is 1.27 bits per heavy atom. The Morgan fingerprint density at radius 3 is 2.50 bits per heavy atom. The van der Waals surface area contributed by atoms with Crippen molar-refractivity contribution in [3.8, 4) is 0 Å². The molecular weight excluding hydrogens is 429 g/mol. The van der Waals surface area contributed by atoms with Crippen LogP contribution in [0.15, 0.2) is 49.1 Å². The van der Waals surface area contributed by atoms with Crippen molar-refractivity contribution in [2.45, 2.75) is 38.2 Å². The molecule has 1 saturated heterocycles. The van der Waals surface area contributed by atoms with Crippen molar-refractivity contribution < 1.29 is 13.6 Å². The van der Waals surface area contributed by atoms with Crippen LogP contribution in [0.1, 0.15) is 30.0 Å². The first kappa shape index (κ1) is 22.6. The molecule has 3 rings (SSSR count). The van der Waals surface area contributed by atoms with E-state index >= 15 is 8.78 Å². The van der Waals surface area contributed by atoms with E-state index in [0.717, 1.165) is 16.8 Å². The largest absolute Gasteiger partial charge is 0.370 e. The number of alkyl halides is 2. The Morgan fingerprint density at radius 2 is 1.93 bits per heavy atom. The fourth-order valence-corrected chi connectivity index (χ4v) is 4.58. The molecule has 1 amide bonds. The SMILES string of the molecule is C=CC(F)(F)C1(c2cc(Cl)cc(Cl)c2)CCN(c2ccc(CNC(C)=O)c(C)c2)C1. The van der Waals surface area contributed by atoms with Gasteiger partial charge in [-0.1, -0.05) is 35.8 Å². The van der Waals surface area contributed by atoms with Gasteiger partial charge in [-0.2, -0.15) is 0 Å². The Balaban J connectivity index is 1.95. The maximum atomic E-state index is 15.2. The van der Waals surface area contributed by atoms with E-state index in [-0.39, 0.29) is 18.9 Å². The molecule has 0 bridgehead atoms. The molecule has 30 heavy (non-hydrogen) atoms. The van der Waals surface area contributed by atoms with Gasteiger partial charge in [-0.15, -0.1) is 0 Å². The highest BCUT2D eigenvalue weighted by Gasteiger charge is 2.56. The number of hydrogen-bond donors (Lipinski definition) is 1. The van der Waals surface area contributed by atoms with Gasteiger partial charge in [0.25, 0.3) is 5.92 Å². The molecule has 2 aromatic carbocycles. The number of carbonyl (C=O) groups excluding carboxylic acids is 1. The molecule has 160 valence electrons. The van der Waals surface area contributed by atoms with E-state index in [1.165, 1.54) is 13.0 Å². The first-order chi connectivity index (χ1) is 14.1. The van der Waals surface area contributed by atoms with Gasteiger partial charge >= 0.3 is 0 Å². The molecule has 1 aliphatic rings. The summed E-state index contributed by atoms with van der Waals surface area (Å²) in [6, 6.07) is 10.5. The topological polar surface area (TPSA) is 32.3 Å². The van der Waals surface area contributed by atoms with Crippen molar-refractivity contribution in [3.63, 3.8) is 0 Å². The van der Waals surface area contributed by atoms with Crippen LogP contribution in [0.25, 0.3) is 0 Å². The van der Waals surface area contributed by atoms with Crippen molar-refractivity contribution in [3.05, 3.63) is 75.8 Å². The minimum Gasteiger partial charge on any atom is -0.370 e. The third-order valence-corrected chi connectivity index (χ3v) is 6.23. The van der Waals surface area contributed by atoms with Gasteiger partial charge in [-0.05, 0) is 66.4 Å². The fourth-order valence-electron chi connectivity index (χ4n) is 4.05. The van der Waals surface area contributed by atoms with Gasteiger partial charge in [-0.3, -0.25) is 4.79 Å². The number of nitrogens with one attached hydrogen (secondary N) is 1. The standard InChI is InChI=1S/C23H24Cl2F2N2O/c1-4-23(26,27)22(18-10-19(24)12-20(25)11-18)7-8-29(14-22)21-6-5-17(15(2)9-21)13-28-16(3)30/h4-6,9-12H,1,7-8,13-14H2,2-3H3,(H,28,30). The lowest BCUT2D eigenvalue weighted by molar-refractivity contribution is -0.119. The van der Waals surface area contributed by atoms with Gasteiger partial charge < -0.3 is 10.2 Å². The zero-order valence-electron chi connectivity index (χ0n) is 16.9. The number of anilines is 1.